The van der Waals surface area contributed by atoms with Crippen molar-refractivity contribution in [2.45, 2.75) is 13.2 Å². The van der Waals surface area contributed by atoms with Gasteiger partial charge in [-0.1, -0.05) is 24.4 Å². The van der Waals surface area contributed by atoms with Gasteiger partial charge in [0.15, 0.2) is 0 Å². The Balaban J connectivity index is 1.99. The van der Waals surface area contributed by atoms with Crippen LogP contribution in [-0.2, 0) is 18.0 Å². The first-order valence-electron chi connectivity index (χ1n) is 5.77. The molecule has 0 saturated heterocycles. The van der Waals surface area contributed by atoms with E-state index in [9.17, 15) is 0 Å². The molecule has 100 valence electrons. The average Bonchev–Trinajstić information content (AvgIpc) is 2.91. The molecule has 5 heteroatoms. The van der Waals surface area contributed by atoms with Crippen molar-refractivity contribution >= 4 is 28.5 Å². The van der Waals surface area contributed by atoms with Crippen LogP contribution < -0.4 is 10.5 Å². The fourth-order valence-electron chi connectivity index (χ4n) is 1.69. The van der Waals surface area contributed by atoms with Gasteiger partial charge in [0.25, 0.3) is 0 Å². The van der Waals surface area contributed by atoms with Crippen LogP contribution in [0, 0.1) is 0 Å². The number of ether oxygens (including phenoxy) is 2. The summed E-state index contributed by atoms with van der Waals surface area (Å²) in [6.07, 6.45) is 0. The van der Waals surface area contributed by atoms with Crippen molar-refractivity contribution in [3.63, 3.8) is 0 Å². The number of thiophene rings is 1. The first-order chi connectivity index (χ1) is 9.20. The molecule has 2 N–H and O–H groups in total. The Morgan fingerprint density at radius 2 is 2.16 bits per heavy atom. The van der Waals surface area contributed by atoms with Gasteiger partial charge in [-0.2, -0.15) is 0 Å². The predicted octanol–water partition coefficient (Wildman–Crippen LogP) is 3.11. The fraction of sp³-hybridized carbons (Fsp3) is 0.214. The fourth-order valence-corrected chi connectivity index (χ4v) is 2.50. The van der Waals surface area contributed by atoms with Gasteiger partial charge < -0.3 is 15.2 Å². The van der Waals surface area contributed by atoms with E-state index in [0.29, 0.717) is 24.0 Å². The number of benzene rings is 1. The number of hydrogen-bond donors (Lipinski definition) is 1. The summed E-state index contributed by atoms with van der Waals surface area (Å²) in [5.41, 5.74) is 7.41. The SMILES string of the molecule is COc1cc(COCc2cccs2)ccc1C(N)=S. The van der Waals surface area contributed by atoms with Crippen LogP contribution in [-0.4, -0.2) is 12.1 Å². The van der Waals surface area contributed by atoms with Gasteiger partial charge in [-0.15, -0.1) is 11.3 Å². The molecule has 0 bridgehead atoms. The highest BCUT2D eigenvalue weighted by Crippen LogP contribution is 2.21. The molecule has 3 nitrogen and oxygen atoms in total. The number of hydrogen-bond acceptors (Lipinski definition) is 4. The second-order valence-corrected chi connectivity index (χ2v) is 5.44. The topological polar surface area (TPSA) is 44.5 Å². The normalized spacial score (nSPS) is 10.4. The third-order valence-electron chi connectivity index (χ3n) is 2.62. The van der Waals surface area contributed by atoms with E-state index in [1.54, 1.807) is 18.4 Å². The van der Waals surface area contributed by atoms with Gasteiger partial charge in [-0.05, 0) is 29.1 Å². The maximum atomic E-state index is 5.65. The highest BCUT2D eigenvalue weighted by atomic mass is 32.1. The third-order valence-corrected chi connectivity index (χ3v) is 3.69. The van der Waals surface area contributed by atoms with Crippen LogP contribution in [0.4, 0.5) is 0 Å². The van der Waals surface area contributed by atoms with Crippen LogP contribution in [0.3, 0.4) is 0 Å². The third kappa shape index (κ3) is 3.76. The Morgan fingerprint density at radius 1 is 1.32 bits per heavy atom. The van der Waals surface area contributed by atoms with Crippen LogP contribution in [0.5, 0.6) is 5.75 Å². The lowest BCUT2D eigenvalue weighted by Crippen LogP contribution is -2.11. The van der Waals surface area contributed by atoms with Gasteiger partial charge in [0.2, 0.25) is 0 Å². The molecular formula is C14H15NO2S2. The molecule has 1 aromatic carbocycles. The highest BCUT2D eigenvalue weighted by molar-refractivity contribution is 7.80. The smallest absolute Gasteiger partial charge is 0.129 e. The minimum atomic E-state index is 0.336. The van der Waals surface area contributed by atoms with Crippen LogP contribution >= 0.6 is 23.6 Å². The zero-order chi connectivity index (χ0) is 13.7. The van der Waals surface area contributed by atoms with Crippen molar-refractivity contribution < 1.29 is 9.47 Å². The highest BCUT2D eigenvalue weighted by Gasteiger charge is 2.07. The van der Waals surface area contributed by atoms with Crippen molar-refractivity contribution in [2.24, 2.45) is 5.73 Å². The van der Waals surface area contributed by atoms with Crippen LogP contribution in [0.2, 0.25) is 0 Å². The van der Waals surface area contributed by atoms with Crippen molar-refractivity contribution in [2.75, 3.05) is 7.11 Å². The quantitative estimate of drug-likeness (QED) is 0.831. The summed E-state index contributed by atoms with van der Waals surface area (Å²) in [6.45, 7) is 1.16. The van der Waals surface area contributed by atoms with Crippen molar-refractivity contribution in [1.82, 2.24) is 0 Å². The number of rotatable bonds is 6. The molecule has 0 atom stereocenters. The summed E-state index contributed by atoms with van der Waals surface area (Å²) in [5.74, 6) is 0.685. The first-order valence-corrected chi connectivity index (χ1v) is 7.06. The number of nitrogens with two attached hydrogens (primary N) is 1. The van der Waals surface area contributed by atoms with Gasteiger partial charge in [-0.3, -0.25) is 0 Å². The molecular weight excluding hydrogens is 278 g/mol. The van der Waals surface area contributed by atoms with Gasteiger partial charge in [0.1, 0.15) is 10.7 Å². The zero-order valence-corrected chi connectivity index (χ0v) is 12.2. The van der Waals surface area contributed by atoms with E-state index in [-0.39, 0.29) is 0 Å². The summed E-state index contributed by atoms with van der Waals surface area (Å²) >= 11 is 6.66. The second kappa shape index (κ2) is 6.65. The predicted molar refractivity (Wildman–Crippen MR) is 81.7 cm³/mol. The van der Waals surface area contributed by atoms with Gasteiger partial charge in [0, 0.05) is 4.88 Å². The van der Waals surface area contributed by atoms with E-state index in [1.807, 2.05) is 29.6 Å². The lowest BCUT2D eigenvalue weighted by molar-refractivity contribution is 0.109. The Labute approximate surface area is 122 Å². The second-order valence-electron chi connectivity index (χ2n) is 3.97. The number of thiocarbonyl (C=S) groups is 1. The van der Waals surface area contributed by atoms with E-state index in [1.165, 1.54) is 4.88 Å². The molecule has 0 radical (unpaired) electrons. The average molecular weight is 293 g/mol. The standard InChI is InChI=1S/C14H15NO2S2/c1-16-13-7-10(4-5-12(13)14(15)18)8-17-9-11-3-2-6-19-11/h2-7H,8-9H2,1H3,(H2,15,18). The van der Waals surface area contributed by atoms with Gasteiger partial charge >= 0.3 is 0 Å². The van der Waals surface area contributed by atoms with Crippen molar-refractivity contribution in [3.05, 3.63) is 51.7 Å². The van der Waals surface area contributed by atoms with E-state index in [2.05, 4.69) is 6.07 Å². The van der Waals surface area contributed by atoms with Gasteiger partial charge in [0.05, 0.1) is 25.9 Å². The largest absolute Gasteiger partial charge is 0.496 e. The molecule has 0 spiro atoms. The van der Waals surface area contributed by atoms with Crippen molar-refractivity contribution in [3.8, 4) is 5.75 Å². The van der Waals surface area contributed by atoms with Gasteiger partial charge in [-0.25, -0.2) is 0 Å². The number of methoxy groups -OCH3 is 1. The summed E-state index contributed by atoms with van der Waals surface area (Å²) in [6, 6.07) is 9.80. The van der Waals surface area contributed by atoms with E-state index < -0.39 is 0 Å². The molecule has 0 aliphatic rings. The summed E-state index contributed by atoms with van der Waals surface area (Å²) in [5, 5.41) is 2.04. The Morgan fingerprint density at radius 3 is 2.79 bits per heavy atom. The molecule has 0 unspecified atom stereocenters. The Hall–Kier alpha value is -1.43. The monoisotopic (exact) mass is 293 g/mol. The van der Waals surface area contributed by atoms with E-state index in [0.717, 1.165) is 11.1 Å². The molecule has 0 aliphatic carbocycles. The molecule has 2 rings (SSSR count). The maximum Gasteiger partial charge on any atom is 0.129 e. The van der Waals surface area contributed by atoms with Crippen LogP contribution in [0.25, 0.3) is 0 Å². The molecule has 0 saturated carbocycles. The summed E-state index contributed by atoms with van der Waals surface area (Å²) in [4.78, 5) is 1.55. The molecule has 1 heterocycles. The van der Waals surface area contributed by atoms with E-state index in [4.69, 9.17) is 27.4 Å². The zero-order valence-electron chi connectivity index (χ0n) is 10.6. The minimum Gasteiger partial charge on any atom is -0.496 e. The Kier molecular flexibility index (Phi) is 4.90. The summed E-state index contributed by atoms with van der Waals surface area (Å²) < 4.78 is 10.9. The Bertz CT molecular complexity index is 553. The van der Waals surface area contributed by atoms with Crippen LogP contribution in [0.15, 0.2) is 35.7 Å². The molecule has 0 amide bonds. The lowest BCUT2D eigenvalue weighted by Gasteiger charge is -2.10. The molecule has 1 aromatic heterocycles. The summed E-state index contributed by atoms with van der Waals surface area (Å²) in [7, 11) is 1.60. The van der Waals surface area contributed by atoms with E-state index >= 15 is 0 Å². The molecule has 19 heavy (non-hydrogen) atoms. The van der Waals surface area contributed by atoms with Crippen molar-refractivity contribution in [1.29, 1.82) is 0 Å². The molecule has 0 fully saturated rings. The lowest BCUT2D eigenvalue weighted by atomic mass is 10.1. The first kappa shape index (κ1) is 14.0. The molecule has 0 aliphatic heterocycles. The molecule has 2 aromatic rings. The maximum absolute atomic E-state index is 5.65. The van der Waals surface area contributed by atoms with Crippen LogP contribution in [0.1, 0.15) is 16.0 Å². The minimum absolute atomic E-state index is 0.336.